The molecular formula is C18H17NO2. The van der Waals surface area contributed by atoms with Crippen LogP contribution in [0.25, 0.3) is 0 Å². The second kappa shape index (κ2) is 5.52. The number of ether oxygens (including phenoxy) is 1. The lowest BCUT2D eigenvalue weighted by atomic mass is 9.78. The van der Waals surface area contributed by atoms with Gasteiger partial charge in [-0.25, -0.2) is 4.79 Å². The third-order valence-electron chi connectivity index (χ3n) is 3.99. The van der Waals surface area contributed by atoms with Crippen LogP contribution in [0.1, 0.15) is 39.4 Å². The maximum absolute atomic E-state index is 11.7. The van der Waals surface area contributed by atoms with E-state index in [2.05, 4.69) is 12.1 Å². The Hall–Kier alpha value is -2.42. The number of nitrogens with one attached hydrogen (secondary N) is 1. The molecule has 0 saturated carbocycles. The lowest BCUT2D eigenvalue weighted by Gasteiger charge is -2.26. The summed E-state index contributed by atoms with van der Waals surface area (Å²) < 4.78 is 4.79. The molecule has 0 heterocycles. The lowest BCUT2D eigenvalue weighted by Crippen LogP contribution is -2.19. The Kier molecular flexibility index (Phi) is 3.57. The Bertz CT molecular complexity index is 706. The van der Waals surface area contributed by atoms with Crippen molar-refractivity contribution in [3.63, 3.8) is 0 Å². The Labute approximate surface area is 124 Å². The Morgan fingerprint density at radius 2 is 2.00 bits per heavy atom. The van der Waals surface area contributed by atoms with E-state index in [0.29, 0.717) is 12.0 Å². The number of methoxy groups -OCH3 is 1. The molecule has 21 heavy (non-hydrogen) atoms. The number of carbonyl (C=O) groups is 1. The standard InChI is InChI=1S/C18H17NO2/c1-21-18(20)14-7-4-6-12(9-14)17-11-15(19)10-13-5-2-3-8-16(13)17/h2-9,17,19H,10-11H2,1H3. The topological polar surface area (TPSA) is 50.2 Å². The number of hydrogen-bond acceptors (Lipinski definition) is 3. The summed E-state index contributed by atoms with van der Waals surface area (Å²) in [5.41, 5.74) is 4.83. The molecule has 1 N–H and O–H groups in total. The second-order valence-corrected chi connectivity index (χ2v) is 5.35. The van der Waals surface area contributed by atoms with E-state index >= 15 is 0 Å². The zero-order valence-corrected chi connectivity index (χ0v) is 11.9. The molecule has 3 rings (SSSR count). The third kappa shape index (κ3) is 2.59. The number of rotatable bonds is 2. The minimum atomic E-state index is -0.323. The third-order valence-corrected chi connectivity index (χ3v) is 3.99. The number of esters is 1. The van der Waals surface area contributed by atoms with Gasteiger partial charge in [0.2, 0.25) is 0 Å². The summed E-state index contributed by atoms with van der Waals surface area (Å²) in [7, 11) is 1.39. The maximum Gasteiger partial charge on any atom is 0.337 e. The van der Waals surface area contributed by atoms with Gasteiger partial charge < -0.3 is 10.1 Å². The molecule has 0 saturated heterocycles. The smallest absolute Gasteiger partial charge is 0.337 e. The van der Waals surface area contributed by atoms with Crippen LogP contribution in [0.5, 0.6) is 0 Å². The molecule has 3 heteroatoms. The van der Waals surface area contributed by atoms with Crippen molar-refractivity contribution in [1.29, 1.82) is 5.41 Å². The molecule has 2 aromatic rings. The van der Waals surface area contributed by atoms with Crippen molar-refractivity contribution in [3.8, 4) is 0 Å². The molecule has 3 nitrogen and oxygen atoms in total. The van der Waals surface area contributed by atoms with Crippen molar-refractivity contribution in [3.05, 3.63) is 70.8 Å². The quantitative estimate of drug-likeness (QED) is 0.854. The normalized spacial score (nSPS) is 17.2. The van der Waals surface area contributed by atoms with Gasteiger partial charge in [-0.05, 0) is 35.2 Å². The van der Waals surface area contributed by atoms with Crippen LogP contribution in [-0.4, -0.2) is 18.8 Å². The van der Waals surface area contributed by atoms with Crippen molar-refractivity contribution in [2.45, 2.75) is 18.8 Å². The Morgan fingerprint density at radius 3 is 2.81 bits per heavy atom. The van der Waals surface area contributed by atoms with Crippen LogP contribution in [0.4, 0.5) is 0 Å². The fraction of sp³-hybridized carbons (Fsp3) is 0.222. The lowest BCUT2D eigenvalue weighted by molar-refractivity contribution is 0.0600. The van der Waals surface area contributed by atoms with Gasteiger partial charge in [-0.3, -0.25) is 0 Å². The summed E-state index contributed by atoms with van der Waals surface area (Å²) in [5, 5.41) is 8.08. The highest BCUT2D eigenvalue weighted by Crippen LogP contribution is 2.35. The van der Waals surface area contributed by atoms with Crippen LogP contribution >= 0.6 is 0 Å². The zero-order chi connectivity index (χ0) is 14.8. The van der Waals surface area contributed by atoms with Crippen LogP contribution in [0.3, 0.4) is 0 Å². The molecule has 0 aromatic heterocycles. The molecule has 0 bridgehead atoms. The average molecular weight is 279 g/mol. The summed E-state index contributed by atoms with van der Waals surface area (Å²) in [6.45, 7) is 0. The minimum Gasteiger partial charge on any atom is -0.465 e. The first-order valence-corrected chi connectivity index (χ1v) is 7.01. The predicted octanol–water partition coefficient (Wildman–Crippen LogP) is 3.57. The van der Waals surface area contributed by atoms with Gasteiger partial charge in [0, 0.05) is 18.1 Å². The number of fused-ring (bicyclic) bond motifs is 1. The molecule has 2 aromatic carbocycles. The SMILES string of the molecule is COC(=O)c1cccc(C2CC(=N)Cc3ccccc32)c1. The van der Waals surface area contributed by atoms with Gasteiger partial charge in [-0.2, -0.15) is 0 Å². The van der Waals surface area contributed by atoms with Crippen molar-refractivity contribution in [2.75, 3.05) is 7.11 Å². The van der Waals surface area contributed by atoms with E-state index in [1.807, 2.05) is 30.3 Å². The fourth-order valence-electron chi connectivity index (χ4n) is 2.99. The summed E-state index contributed by atoms with van der Waals surface area (Å²) in [4.78, 5) is 11.7. The number of carbonyl (C=O) groups excluding carboxylic acids is 1. The summed E-state index contributed by atoms with van der Waals surface area (Å²) >= 11 is 0. The first-order valence-electron chi connectivity index (χ1n) is 7.01. The van der Waals surface area contributed by atoms with Crippen molar-refractivity contribution in [2.24, 2.45) is 0 Å². The van der Waals surface area contributed by atoms with E-state index < -0.39 is 0 Å². The monoisotopic (exact) mass is 279 g/mol. The fourth-order valence-corrected chi connectivity index (χ4v) is 2.99. The van der Waals surface area contributed by atoms with E-state index in [0.717, 1.165) is 17.7 Å². The van der Waals surface area contributed by atoms with E-state index in [9.17, 15) is 4.79 Å². The van der Waals surface area contributed by atoms with Crippen LogP contribution < -0.4 is 0 Å². The average Bonchev–Trinajstić information content (AvgIpc) is 2.53. The maximum atomic E-state index is 11.7. The highest BCUT2D eigenvalue weighted by molar-refractivity contribution is 5.90. The minimum absolute atomic E-state index is 0.145. The molecular weight excluding hydrogens is 262 g/mol. The number of benzene rings is 2. The first-order chi connectivity index (χ1) is 10.2. The second-order valence-electron chi connectivity index (χ2n) is 5.35. The largest absolute Gasteiger partial charge is 0.465 e. The molecule has 1 atom stereocenters. The molecule has 106 valence electrons. The van der Waals surface area contributed by atoms with Gasteiger partial charge in [0.25, 0.3) is 0 Å². The number of hydrogen-bond donors (Lipinski definition) is 1. The van der Waals surface area contributed by atoms with Gasteiger partial charge >= 0.3 is 5.97 Å². The van der Waals surface area contributed by atoms with Crippen LogP contribution in [0.15, 0.2) is 48.5 Å². The highest BCUT2D eigenvalue weighted by Gasteiger charge is 2.24. The summed E-state index contributed by atoms with van der Waals surface area (Å²) in [6.07, 6.45) is 1.44. The molecule has 1 unspecified atom stereocenters. The van der Waals surface area contributed by atoms with Crippen LogP contribution in [0.2, 0.25) is 0 Å². The Balaban J connectivity index is 2.04. The van der Waals surface area contributed by atoms with Gasteiger partial charge in [-0.15, -0.1) is 0 Å². The molecule has 0 fully saturated rings. The van der Waals surface area contributed by atoms with Gasteiger partial charge in [0.1, 0.15) is 0 Å². The van der Waals surface area contributed by atoms with E-state index in [1.54, 1.807) is 6.07 Å². The molecule has 1 aliphatic carbocycles. The zero-order valence-electron chi connectivity index (χ0n) is 11.9. The van der Waals surface area contributed by atoms with Gasteiger partial charge in [0.15, 0.2) is 0 Å². The van der Waals surface area contributed by atoms with Crippen molar-refractivity contribution < 1.29 is 9.53 Å². The van der Waals surface area contributed by atoms with Crippen molar-refractivity contribution >= 4 is 11.7 Å². The summed E-state index contributed by atoms with van der Waals surface area (Å²) in [6, 6.07) is 15.8. The molecule has 0 amide bonds. The van der Waals surface area contributed by atoms with Gasteiger partial charge in [-0.1, -0.05) is 36.4 Å². The summed E-state index contributed by atoms with van der Waals surface area (Å²) in [5.74, 6) is -0.178. The van der Waals surface area contributed by atoms with E-state index in [4.69, 9.17) is 10.1 Å². The van der Waals surface area contributed by atoms with Gasteiger partial charge in [0.05, 0.1) is 12.7 Å². The Morgan fingerprint density at radius 1 is 1.19 bits per heavy atom. The molecule has 0 radical (unpaired) electrons. The van der Waals surface area contributed by atoms with Crippen LogP contribution in [-0.2, 0) is 11.2 Å². The highest BCUT2D eigenvalue weighted by atomic mass is 16.5. The first kappa shape index (κ1) is 13.6. The molecule has 1 aliphatic rings. The van der Waals surface area contributed by atoms with Crippen LogP contribution in [0, 0.1) is 5.41 Å². The molecule has 0 spiro atoms. The van der Waals surface area contributed by atoms with E-state index in [-0.39, 0.29) is 11.9 Å². The van der Waals surface area contributed by atoms with E-state index in [1.165, 1.54) is 18.2 Å². The predicted molar refractivity (Wildman–Crippen MR) is 82.1 cm³/mol. The van der Waals surface area contributed by atoms with Crippen molar-refractivity contribution in [1.82, 2.24) is 0 Å². The molecule has 0 aliphatic heterocycles.